The van der Waals surface area contributed by atoms with Gasteiger partial charge in [0.1, 0.15) is 10.8 Å². The molecule has 0 bridgehead atoms. The summed E-state index contributed by atoms with van der Waals surface area (Å²) in [5.41, 5.74) is 2.46. The number of hydrogen-bond donors (Lipinski definition) is 2. The summed E-state index contributed by atoms with van der Waals surface area (Å²) >= 11 is 6.76. The molecule has 1 aliphatic rings. The maximum Gasteiger partial charge on any atom is 0.303 e. The lowest BCUT2D eigenvalue weighted by Crippen LogP contribution is -2.00. The van der Waals surface area contributed by atoms with Crippen LogP contribution in [-0.2, 0) is 11.3 Å². The molecular formula is C23H22N2O4S2. The third kappa shape index (κ3) is 5.03. The van der Waals surface area contributed by atoms with Crippen molar-refractivity contribution in [1.82, 2.24) is 4.57 Å². The van der Waals surface area contributed by atoms with Crippen molar-refractivity contribution in [3.8, 4) is 5.88 Å². The molecule has 0 amide bonds. The highest BCUT2D eigenvalue weighted by molar-refractivity contribution is 7.73. The van der Waals surface area contributed by atoms with Crippen LogP contribution in [0.4, 0.5) is 0 Å². The minimum atomic E-state index is -0.762. The maximum atomic E-state index is 10.6. The smallest absolute Gasteiger partial charge is 0.303 e. The number of benzene rings is 1. The molecule has 3 aromatic rings. The summed E-state index contributed by atoms with van der Waals surface area (Å²) in [7, 11) is 0. The number of aromatic hydroxyl groups is 1. The molecule has 1 aromatic carbocycles. The minimum absolute atomic E-state index is 0.141. The van der Waals surface area contributed by atoms with E-state index in [1.165, 1.54) is 11.3 Å². The first-order valence-corrected chi connectivity index (χ1v) is 11.3. The fraction of sp³-hybridized carbons (Fsp3) is 0.261. The Morgan fingerprint density at radius 2 is 2.03 bits per heavy atom. The number of aromatic nitrogens is 1. The summed E-state index contributed by atoms with van der Waals surface area (Å²) in [4.78, 5) is 15.5. The van der Waals surface area contributed by atoms with Crippen molar-refractivity contribution >= 4 is 41.7 Å². The first kappa shape index (κ1) is 21.3. The van der Waals surface area contributed by atoms with Crippen LogP contribution in [0.2, 0.25) is 0 Å². The lowest BCUT2D eigenvalue weighted by atomic mass is 10.1. The number of unbranched alkanes of at least 4 members (excludes halogenated alkanes) is 3. The largest absolute Gasteiger partial charge is 0.493 e. The summed E-state index contributed by atoms with van der Waals surface area (Å²) in [6.45, 7) is 0.610. The van der Waals surface area contributed by atoms with Crippen LogP contribution in [0.1, 0.15) is 42.5 Å². The molecule has 31 heavy (non-hydrogen) atoms. The van der Waals surface area contributed by atoms with Crippen molar-refractivity contribution in [3.63, 3.8) is 0 Å². The Kier molecular flexibility index (Phi) is 6.48. The predicted molar refractivity (Wildman–Crippen MR) is 122 cm³/mol. The summed E-state index contributed by atoms with van der Waals surface area (Å²) < 4.78 is 8.31. The number of fused-ring (bicyclic) bond motifs is 1. The number of carbonyl (C=O) groups is 1. The van der Waals surface area contributed by atoms with E-state index >= 15 is 0 Å². The third-order valence-electron chi connectivity index (χ3n) is 5.10. The molecule has 1 aliphatic heterocycles. The average Bonchev–Trinajstić information content (AvgIpc) is 3.45. The van der Waals surface area contributed by atoms with Crippen molar-refractivity contribution < 1.29 is 19.4 Å². The molecule has 8 heteroatoms. The summed E-state index contributed by atoms with van der Waals surface area (Å²) in [6, 6.07) is 9.77. The molecule has 0 aliphatic carbocycles. The van der Waals surface area contributed by atoms with Gasteiger partial charge in [-0.25, -0.2) is 0 Å². The first-order chi connectivity index (χ1) is 15.0. The van der Waals surface area contributed by atoms with Crippen LogP contribution in [0, 0.1) is 14.6 Å². The van der Waals surface area contributed by atoms with E-state index in [1.54, 1.807) is 16.8 Å². The monoisotopic (exact) mass is 454 g/mol. The second-order valence-corrected chi connectivity index (χ2v) is 9.01. The molecule has 0 spiro atoms. The van der Waals surface area contributed by atoms with Crippen LogP contribution in [0.5, 0.6) is 5.88 Å². The van der Waals surface area contributed by atoms with Gasteiger partial charge in [0.05, 0.1) is 10.2 Å². The molecule has 2 aromatic heterocycles. The molecular weight excluding hydrogens is 432 g/mol. The van der Waals surface area contributed by atoms with Crippen molar-refractivity contribution in [2.75, 3.05) is 0 Å². The van der Waals surface area contributed by atoms with Gasteiger partial charge in [0.2, 0.25) is 5.88 Å². The molecule has 0 atom stereocenters. The van der Waals surface area contributed by atoms with Gasteiger partial charge in [-0.3, -0.25) is 14.4 Å². The molecule has 0 radical (unpaired) electrons. The van der Waals surface area contributed by atoms with Crippen LogP contribution < -0.4 is 10.8 Å². The summed E-state index contributed by atoms with van der Waals surface area (Å²) in [6.07, 6.45) is 9.00. The van der Waals surface area contributed by atoms with Crippen molar-refractivity contribution in [3.05, 3.63) is 72.3 Å². The Morgan fingerprint density at radius 1 is 1.19 bits per heavy atom. The van der Waals surface area contributed by atoms with Crippen LogP contribution >= 0.6 is 23.6 Å². The highest BCUT2D eigenvalue weighted by Crippen LogP contribution is 2.27. The third-order valence-corrected chi connectivity index (χ3v) is 6.48. The average molecular weight is 455 g/mol. The van der Waals surface area contributed by atoms with E-state index in [0.717, 1.165) is 40.8 Å². The Hall–Kier alpha value is -2.97. The lowest BCUT2D eigenvalue weighted by molar-refractivity contribution is -0.137. The number of nitrogens with zero attached hydrogens (tertiary/aromatic N) is 2. The molecule has 0 saturated heterocycles. The summed E-state index contributed by atoms with van der Waals surface area (Å²) in [5, 5.41) is 21.2. The van der Waals surface area contributed by atoms with Gasteiger partial charge >= 0.3 is 5.97 Å². The van der Waals surface area contributed by atoms with Crippen molar-refractivity contribution in [1.29, 1.82) is 0 Å². The molecule has 0 saturated carbocycles. The number of carboxylic acid groups (broad SMARTS) is 1. The van der Waals surface area contributed by atoms with Gasteiger partial charge in [-0.15, -0.1) is 11.3 Å². The molecule has 4 rings (SSSR count). The predicted octanol–water partition coefficient (Wildman–Crippen LogP) is 4.33. The van der Waals surface area contributed by atoms with Gasteiger partial charge in [0, 0.05) is 36.0 Å². The zero-order valence-corrected chi connectivity index (χ0v) is 18.4. The molecule has 6 nitrogen and oxygen atoms in total. The molecule has 3 heterocycles. The normalized spacial score (nSPS) is 14.0. The van der Waals surface area contributed by atoms with E-state index in [4.69, 9.17) is 21.7 Å². The van der Waals surface area contributed by atoms with E-state index in [-0.39, 0.29) is 12.3 Å². The van der Waals surface area contributed by atoms with Crippen molar-refractivity contribution in [2.24, 2.45) is 4.99 Å². The second-order valence-electron chi connectivity index (χ2n) is 7.33. The number of aliphatic carboxylic acids is 1. The molecule has 2 N–H and O–H groups in total. The summed E-state index contributed by atoms with van der Waals surface area (Å²) in [5.74, 6) is -0.620. The van der Waals surface area contributed by atoms with Crippen LogP contribution in [0.15, 0.2) is 45.9 Å². The topological polar surface area (TPSA) is 88.0 Å². The van der Waals surface area contributed by atoms with E-state index in [0.29, 0.717) is 27.2 Å². The van der Waals surface area contributed by atoms with Gasteiger partial charge in [0.15, 0.2) is 3.95 Å². The van der Waals surface area contributed by atoms with E-state index in [2.05, 4.69) is 4.99 Å². The van der Waals surface area contributed by atoms with Gasteiger partial charge in [-0.1, -0.05) is 12.8 Å². The fourth-order valence-corrected chi connectivity index (χ4v) is 4.78. The molecule has 0 unspecified atom stereocenters. The number of thiazole rings is 1. The van der Waals surface area contributed by atoms with E-state index in [9.17, 15) is 9.90 Å². The van der Waals surface area contributed by atoms with Crippen LogP contribution in [0.3, 0.4) is 0 Å². The molecule has 0 fully saturated rings. The van der Waals surface area contributed by atoms with Crippen LogP contribution in [-0.4, -0.2) is 20.7 Å². The Balaban J connectivity index is 1.52. The lowest BCUT2D eigenvalue weighted by Gasteiger charge is -2.04. The highest BCUT2D eigenvalue weighted by Gasteiger charge is 2.10. The minimum Gasteiger partial charge on any atom is -0.493 e. The van der Waals surface area contributed by atoms with E-state index < -0.39 is 5.97 Å². The highest BCUT2D eigenvalue weighted by atomic mass is 32.1. The van der Waals surface area contributed by atoms with E-state index in [1.807, 2.05) is 36.4 Å². The Bertz CT molecular complexity index is 1410. The number of carboxylic acids is 1. The number of furan rings is 1. The maximum absolute atomic E-state index is 10.6. The van der Waals surface area contributed by atoms with Gasteiger partial charge in [0.25, 0.3) is 0 Å². The standard InChI is InChI=1S/C23H22N2O4S2/c26-21(27)5-3-1-2-4-12-25-22(28)20(31-23(25)30)14-17-7-9-19(29-17)16-6-8-18-15(13-16)10-11-24-18/h6-11,13-14,28H,1-5,12H2,(H,26,27)/b17-14-,19-16+. The van der Waals surface area contributed by atoms with Crippen LogP contribution in [0.25, 0.3) is 12.2 Å². The Labute approximate surface area is 187 Å². The Morgan fingerprint density at radius 3 is 2.87 bits per heavy atom. The van der Waals surface area contributed by atoms with Gasteiger partial charge in [-0.05, 0) is 61.5 Å². The SMILES string of the molecule is O=C(O)CCCCCCn1c(O)c(/C=c2/cc/c(=c3/ccc4c(c3)C=CN=4)o2)sc1=S. The number of hydrogen-bond acceptors (Lipinski definition) is 6. The molecule has 160 valence electrons. The zero-order valence-electron chi connectivity index (χ0n) is 16.8. The fourth-order valence-electron chi connectivity index (χ4n) is 3.48. The first-order valence-electron chi connectivity index (χ1n) is 10.1. The second kappa shape index (κ2) is 9.45. The van der Waals surface area contributed by atoms with Crippen molar-refractivity contribution in [2.45, 2.75) is 38.6 Å². The zero-order chi connectivity index (χ0) is 21.8. The van der Waals surface area contributed by atoms with Gasteiger partial charge < -0.3 is 14.6 Å². The number of rotatable bonds is 8. The van der Waals surface area contributed by atoms with Gasteiger partial charge in [-0.2, -0.15) is 0 Å². The quantitative estimate of drug-likeness (QED) is 0.391.